The van der Waals surface area contributed by atoms with Crippen molar-refractivity contribution in [2.24, 2.45) is 0 Å². The van der Waals surface area contributed by atoms with Crippen molar-refractivity contribution in [3.63, 3.8) is 0 Å². The molecule has 0 amide bonds. The molecule has 2 rings (SSSR count). The van der Waals surface area contributed by atoms with E-state index in [1.165, 1.54) is 16.8 Å². The van der Waals surface area contributed by atoms with Crippen LogP contribution < -0.4 is 0 Å². The minimum Gasteiger partial charge on any atom is -0.335 e. The summed E-state index contributed by atoms with van der Waals surface area (Å²) in [4.78, 5) is 8.84. The number of nitrogens with zero attached hydrogens (tertiary/aromatic N) is 3. The van der Waals surface area contributed by atoms with Gasteiger partial charge in [0.25, 0.3) is 10.0 Å². The molecule has 0 atom stereocenters. The van der Waals surface area contributed by atoms with Gasteiger partial charge in [-0.15, -0.1) is 0 Å². The van der Waals surface area contributed by atoms with Crippen molar-refractivity contribution in [3.8, 4) is 0 Å². The summed E-state index contributed by atoms with van der Waals surface area (Å²) in [7, 11) is -1.78. The highest BCUT2D eigenvalue weighted by Gasteiger charge is 2.31. The summed E-state index contributed by atoms with van der Waals surface area (Å²) in [5.41, 5.74) is 0. The molecule has 1 aromatic heterocycles. The molecule has 1 aliphatic heterocycles. The molecule has 0 aromatic carbocycles. The van der Waals surface area contributed by atoms with Crippen molar-refractivity contribution in [1.82, 2.24) is 19.2 Å². The van der Waals surface area contributed by atoms with Crippen molar-refractivity contribution in [2.45, 2.75) is 43.8 Å². The van der Waals surface area contributed by atoms with Crippen LogP contribution in [0.25, 0.3) is 0 Å². The Morgan fingerprint density at radius 1 is 1.42 bits per heavy atom. The predicted molar refractivity (Wildman–Crippen MR) is 73.3 cm³/mol. The summed E-state index contributed by atoms with van der Waals surface area (Å²) in [5.74, 6) is 0. The molecule has 108 valence electrons. The van der Waals surface area contributed by atoms with Crippen LogP contribution in [-0.2, 0) is 10.0 Å². The summed E-state index contributed by atoms with van der Waals surface area (Å²) in [6, 6.07) is 0.596. The summed E-state index contributed by atoms with van der Waals surface area (Å²) in [6.45, 7) is 6.24. The fourth-order valence-electron chi connectivity index (χ4n) is 2.50. The second-order valence-electron chi connectivity index (χ2n) is 5.30. The molecule has 19 heavy (non-hydrogen) atoms. The summed E-state index contributed by atoms with van der Waals surface area (Å²) in [5, 5.41) is 0.168. The van der Waals surface area contributed by atoms with Crippen LogP contribution in [-0.4, -0.2) is 59.8 Å². The van der Waals surface area contributed by atoms with Crippen molar-refractivity contribution in [1.29, 1.82) is 0 Å². The monoisotopic (exact) mass is 286 g/mol. The molecule has 1 aliphatic rings. The molecule has 1 aromatic rings. The minimum atomic E-state index is -3.44. The molecule has 1 N–H and O–H groups in total. The van der Waals surface area contributed by atoms with Crippen molar-refractivity contribution >= 4 is 10.0 Å². The van der Waals surface area contributed by atoms with Crippen LogP contribution in [0.1, 0.15) is 26.7 Å². The van der Waals surface area contributed by atoms with E-state index in [9.17, 15) is 8.42 Å². The van der Waals surface area contributed by atoms with Gasteiger partial charge in [-0.05, 0) is 39.8 Å². The van der Waals surface area contributed by atoms with Crippen LogP contribution in [0, 0.1) is 0 Å². The van der Waals surface area contributed by atoms with E-state index in [1.807, 2.05) is 0 Å². The van der Waals surface area contributed by atoms with Crippen LogP contribution in [0.15, 0.2) is 17.6 Å². The van der Waals surface area contributed by atoms with E-state index < -0.39 is 10.0 Å². The zero-order chi connectivity index (χ0) is 14.0. The highest BCUT2D eigenvalue weighted by atomic mass is 32.2. The molecule has 2 heterocycles. The standard InChI is InChI=1S/C12H22N4O2S/c1-10(2)16-6-4-11(5-7-16)15(3)19(17,18)12-8-13-9-14-12/h8-11H,4-7H2,1-3H3,(H,13,14). The van der Waals surface area contributed by atoms with E-state index in [0.717, 1.165) is 25.9 Å². The molecular weight excluding hydrogens is 264 g/mol. The Morgan fingerprint density at radius 3 is 2.53 bits per heavy atom. The average molecular weight is 286 g/mol. The van der Waals surface area contributed by atoms with Gasteiger partial charge in [0.2, 0.25) is 0 Å². The zero-order valence-electron chi connectivity index (χ0n) is 11.7. The lowest BCUT2D eigenvalue weighted by Crippen LogP contribution is -2.47. The molecule has 0 radical (unpaired) electrons. The third kappa shape index (κ3) is 2.98. The van der Waals surface area contributed by atoms with Gasteiger partial charge in [-0.2, -0.15) is 4.31 Å². The molecular formula is C12H22N4O2S. The number of likely N-dealkylation sites (tertiary alicyclic amines) is 1. The third-order valence-electron chi connectivity index (χ3n) is 3.87. The summed E-state index contributed by atoms with van der Waals surface area (Å²) < 4.78 is 26.2. The van der Waals surface area contributed by atoms with Gasteiger partial charge in [-0.3, -0.25) is 0 Å². The third-order valence-corrected chi connectivity index (χ3v) is 5.71. The van der Waals surface area contributed by atoms with E-state index in [0.29, 0.717) is 6.04 Å². The Morgan fingerprint density at radius 2 is 2.05 bits per heavy atom. The fourth-order valence-corrected chi connectivity index (χ4v) is 3.81. The lowest BCUT2D eigenvalue weighted by molar-refractivity contribution is 0.140. The van der Waals surface area contributed by atoms with Gasteiger partial charge in [-0.25, -0.2) is 13.4 Å². The van der Waals surface area contributed by atoms with Gasteiger partial charge in [-0.1, -0.05) is 0 Å². The highest BCUT2D eigenvalue weighted by molar-refractivity contribution is 7.89. The average Bonchev–Trinajstić information content (AvgIpc) is 2.92. The number of aromatic amines is 1. The van der Waals surface area contributed by atoms with Crippen LogP contribution in [0.3, 0.4) is 0 Å². The van der Waals surface area contributed by atoms with Crippen molar-refractivity contribution < 1.29 is 8.42 Å². The van der Waals surface area contributed by atoms with Gasteiger partial charge in [0.05, 0.1) is 12.5 Å². The second-order valence-corrected chi connectivity index (χ2v) is 7.26. The number of hydrogen-bond donors (Lipinski definition) is 1. The number of sulfonamides is 1. The number of hydrogen-bond acceptors (Lipinski definition) is 4. The van der Waals surface area contributed by atoms with E-state index in [2.05, 4.69) is 28.7 Å². The maximum Gasteiger partial charge on any atom is 0.260 e. The number of imidazole rings is 1. The maximum atomic E-state index is 12.3. The molecule has 0 saturated carbocycles. The van der Waals surface area contributed by atoms with Gasteiger partial charge in [0, 0.05) is 19.1 Å². The van der Waals surface area contributed by atoms with Gasteiger partial charge in [0.1, 0.15) is 0 Å². The molecule has 7 heteroatoms. The Bertz CT molecular complexity index is 490. The molecule has 0 aliphatic carbocycles. The number of H-pyrrole nitrogens is 1. The van der Waals surface area contributed by atoms with Crippen LogP contribution >= 0.6 is 0 Å². The van der Waals surface area contributed by atoms with Crippen LogP contribution in [0.5, 0.6) is 0 Å². The topological polar surface area (TPSA) is 69.3 Å². The molecule has 1 fully saturated rings. The molecule has 1 saturated heterocycles. The largest absolute Gasteiger partial charge is 0.335 e. The lowest BCUT2D eigenvalue weighted by atomic mass is 10.0. The van der Waals surface area contributed by atoms with Crippen LogP contribution in [0.2, 0.25) is 0 Å². The minimum absolute atomic E-state index is 0.0725. The first-order valence-electron chi connectivity index (χ1n) is 6.63. The normalized spacial score (nSPS) is 19.4. The Labute approximate surface area is 114 Å². The van der Waals surface area contributed by atoms with Gasteiger partial charge in [0.15, 0.2) is 5.03 Å². The fraction of sp³-hybridized carbons (Fsp3) is 0.750. The summed E-state index contributed by atoms with van der Waals surface area (Å²) in [6.07, 6.45) is 4.50. The number of piperidine rings is 1. The van der Waals surface area contributed by atoms with Gasteiger partial charge < -0.3 is 9.88 Å². The molecule has 0 spiro atoms. The van der Waals surface area contributed by atoms with E-state index in [-0.39, 0.29) is 11.1 Å². The van der Waals surface area contributed by atoms with E-state index in [4.69, 9.17) is 0 Å². The second kappa shape index (κ2) is 5.60. The molecule has 6 nitrogen and oxygen atoms in total. The van der Waals surface area contributed by atoms with E-state index in [1.54, 1.807) is 7.05 Å². The number of rotatable bonds is 4. The lowest BCUT2D eigenvalue weighted by Gasteiger charge is -2.37. The Kier molecular flexibility index (Phi) is 4.27. The maximum absolute atomic E-state index is 12.3. The smallest absolute Gasteiger partial charge is 0.260 e. The number of aromatic nitrogens is 2. The highest BCUT2D eigenvalue weighted by Crippen LogP contribution is 2.22. The Balaban J connectivity index is 2.04. The predicted octanol–water partition coefficient (Wildman–Crippen LogP) is 0.903. The zero-order valence-corrected chi connectivity index (χ0v) is 12.5. The van der Waals surface area contributed by atoms with Crippen LogP contribution in [0.4, 0.5) is 0 Å². The first-order valence-corrected chi connectivity index (χ1v) is 8.07. The van der Waals surface area contributed by atoms with Crippen molar-refractivity contribution in [2.75, 3.05) is 20.1 Å². The molecule has 0 bridgehead atoms. The van der Waals surface area contributed by atoms with Crippen molar-refractivity contribution in [3.05, 3.63) is 12.5 Å². The SMILES string of the molecule is CC(C)N1CCC(N(C)S(=O)(=O)c2cnc[nH]2)CC1. The Hall–Kier alpha value is -0.920. The first kappa shape index (κ1) is 14.5. The van der Waals surface area contributed by atoms with Gasteiger partial charge >= 0.3 is 0 Å². The summed E-state index contributed by atoms with van der Waals surface area (Å²) >= 11 is 0. The number of nitrogens with one attached hydrogen (secondary N) is 1. The quantitative estimate of drug-likeness (QED) is 0.893. The first-order chi connectivity index (χ1) is 8.93. The van der Waals surface area contributed by atoms with E-state index >= 15 is 0 Å². The molecule has 0 unspecified atom stereocenters.